The van der Waals surface area contributed by atoms with Crippen LogP contribution >= 0.6 is 0 Å². The fourth-order valence-electron chi connectivity index (χ4n) is 1.75. The summed E-state index contributed by atoms with van der Waals surface area (Å²) in [5.74, 6) is 0.519. The van der Waals surface area contributed by atoms with Gasteiger partial charge in [-0.05, 0) is 24.6 Å². The molecule has 0 bridgehead atoms. The van der Waals surface area contributed by atoms with Gasteiger partial charge < -0.3 is 10.1 Å². The summed E-state index contributed by atoms with van der Waals surface area (Å²) in [5, 5.41) is 15.2. The Morgan fingerprint density at radius 1 is 1.43 bits per heavy atom. The van der Waals surface area contributed by atoms with Gasteiger partial charge in [0.1, 0.15) is 12.3 Å². The summed E-state index contributed by atoms with van der Waals surface area (Å²) in [4.78, 5) is 11.8. The topological polar surface area (TPSA) is 79.9 Å². The summed E-state index contributed by atoms with van der Waals surface area (Å²) in [5.41, 5.74) is 0.671. The first-order valence-corrected chi connectivity index (χ1v) is 6.65. The monoisotopic (exact) mass is 284 g/mol. The third-order valence-corrected chi connectivity index (χ3v) is 2.68. The Bertz CT molecular complexity index is 617. The van der Waals surface area contributed by atoms with Crippen molar-refractivity contribution >= 4 is 11.6 Å². The zero-order valence-corrected chi connectivity index (χ0v) is 11.5. The van der Waals surface area contributed by atoms with Gasteiger partial charge >= 0.3 is 0 Å². The second kappa shape index (κ2) is 7.70. The van der Waals surface area contributed by atoms with Gasteiger partial charge in [0, 0.05) is 30.6 Å². The number of nitrogens with one attached hydrogen (secondary N) is 1. The van der Waals surface area contributed by atoms with Crippen LogP contribution in [0.5, 0.6) is 5.75 Å². The van der Waals surface area contributed by atoms with Crippen LogP contribution in [0.25, 0.3) is 0 Å². The lowest BCUT2D eigenvalue weighted by atomic mass is 10.3. The normalized spacial score (nSPS) is 9.86. The molecule has 0 radical (unpaired) electrons. The molecule has 0 fully saturated rings. The standard InChI is InChI=1S/C15H16N4O2/c16-7-1-2-10-21-14-6-3-5-13(11-14)18-15(20)12-19-9-4-8-17-19/h3-6,8-9,11H,1-2,10,12H2,(H,18,20). The van der Waals surface area contributed by atoms with Crippen molar-refractivity contribution in [1.29, 1.82) is 5.26 Å². The number of hydrogen-bond acceptors (Lipinski definition) is 4. The maximum Gasteiger partial charge on any atom is 0.246 e. The van der Waals surface area contributed by atoms with Gasteiger partial charge in [0.15, 0.2) is 0 Å². The molecule has 0 aliphatic rings. The lowest BCUT2D eigenvalue weighted by Crippen LogP contribution is -2.18. The fraction of sp³-hybridized carbons (Fsp3) is 0.267. The molecule has 0 saturated heterocycles. The molecule has 1 heterocycles. The molecule has 1 aromatic carbocycles. The highest BCUT2D eigenvalue weighted by Crippen LogP contribution is 2.17. The van der Waals surface area contributed by atoms with E-state index in [0.29, 0.717) is 30.9 Å². The SMILES string of the molecule is N#CCCCOc1cccc(NC(=O)Cn2cccn2)c1. The van der Waals surface area contributed by atoms with Crippen LogP contribution in [0, 0.1) is 11.3 Å². The van der Waals surface area contributed by atoms with Gasteiger partial charge in [-0.25, -0.2) is 0 Å². The highest BCUT2D eigenvalue weighted by Gasteiger charge is 2.04. The number of amides is 1. The largest absolute Gasteiger partial charge is 0.493 e. The Morgan fingerprint density at radius 2 is 2.33 bits per heavy atom. The highest BCUT2D eigenvalue weighted by molar-refractivity contribution is 5.90. The maximum absolute atomic E-state index is 11.8. The molecule has 0 aliphatic carbocycles. The second-order valence-electron chi connectivity index (χ2n) is 4.39. The molecular weight excluding hydrogens is 268 g/mol. The average molecular weight is 284 g/mol. The minimum absolute atomic E-state index is 0.152. The minimum Gasteiger partial charge on any atom is -0.493 e. The van der Waals surface area contributed by atoms with Gasteiger partial charge in [0.05, 0.1) is 12.7 Å². The zero-order valence-electron chi connectivity index (χ0n) is 11.5. The summed E-state index contributed by atoms with van der Waals surface area (Å²) in [6.45, 7) is 0.651. The summed E-state index contributed by atoms with van der Waals surface area (Å²) >= 11 is 0. The molecule has 21 heavy (non-hydrogen) atoms. The summed E-state index contributed by atoms with van der Waals surface area (Å²) in [6, 6.07) is 11.0. The molecule has 1 N–H and O–H groups in total. The number of ether oxygens (including phenoxy) is 1. The van der Waals surface area contributed by atoms with Crippen LogP contribution in [0.4, 0.5) is 5.69 Å². The smallest absolute Gasteiger partial charge is 0.246 e. The van der Waals surface area contributed by atoms with E-state index in [0.717, 1.165) is 0 Å². The van der Waals surface area contributed by atoms with Crippen LogP contribution in [0.1, 0.15) is 12.8 Å². The summed E-state index contributed by atoms with van der Waals surface area (Å²) in [7, 11) is 0. The van der Waals surface area contributed by atoms with Gasteiger partial charge in [-0.1, -0.05) is 6.07 Å². The Labute approximate surface area is 123 Å². The number of nitrogens with zero attached hydrogens (tertiary/aromatic N) is 3. The van der Waals surface area contributed by atoms with Crippen LogP contribution in [0.15, 0.2) is 42.7 Å². The number of hydrogen-bond donors (Lipinski definition) is 1. The predicted octanol–water partition coefficient (Wildman–Crippen LogP) is 2.20. The van der Waals surface area contributed by atoms with Crippen molar-refractivity contribution in [2.24, 2.45) is 0 Å². The number of carbonyl (C=O) groups excluding carboxylic acids is 1. The van der Waals surface area contributed by atoms with Crippen molar-refractivity contribution in [1.82, 2.24) is 9.78 Å². The van der Waals surface area contributed by atoms with Crippen molar-refractivity contribution in [3.63, 3.8) is 0 Å². The van der Waals surface area contributed by atoms with Crippen LogP contribution in [0.3, 0.4) is 0 Å². The van der Waals surface area contributed by atoms with E-state index in [1.807, 2.05) is 12.1 Å². The van der Waals surface area contributed by atoms with E-state index in [1.54, 1.807) is 35.3 Å². The number of rotatable bonds is 7. The van der Waals surface area contributed by atoms with E-state index in [2.05, 4.69) is 16.5 Å². The number of carbonyl (C=O) groups is 1. The van der Waals surface area contributed by atoms with Gasteiger partial charge in [0.25, 0.3) is 0 Å². The fourth-order valence-corrected chi connectivity index (χ4v) is 1.75. The summed E-state index contributed by atoms with van der Waals surface area (Å²) < 4.78 is 7.07. The predicted molar refractivity (Wildman–Crippen MR) is 77.6 cm³/mol. The van der Waals surface area contributed by atoms with Gasteiger partial charge in [-0.15, -0.1) is 0 Å². The lowest BCUT2D eigenvalue weighted by molar-refractivity contribution is -0.116. The third-order valence-electron chi connectivity index (χ3n) is 2.68. The number of anilines is 1. The third kappa shape index (κ3) is 4.99. The number of unbranched alkanes of at least 4 members (excludes halogenated alkanes) is 1. The van der Waals surface area contributed by atoms with Crippen LogP contribution in [0.2, 0.25) is 0 Å². The summed E-state index contributed by atoms with van der Waals surface area (Å²) in [6.07, 6.45) is 4.52. The zero-order chi connectivity index (χ0) is 14.9. The lowest BCUT2D eigenvalue weighted by Gasteiger charge is -2.09. The molecule has 6 heteroatoms. The van der Waals surface area contributed by atoms with Crippen molar-refractivity contribution in [3.05, 3.63) is 42.7 Å². The van der Waals surface area contributed by atoms with Crippen LogP contribution < -0.4 is 10.1 Å². The second-order valence-corrected chi connectivity index (χ2v) is 4.39. The van der Waals surface area contributed by atoms with Crippen LogP contribution in [-0.2, 0) is 11.3 Å². The van der Waals surface area contributed by atoms with Crippen molar-refractivity contribution in [3.8, 4) is 11.8 Å². The molecule has 0 atom stereocenters. The average Bonchev–Trinajstić information content (AvgIpc) is 2.97. The van der Waals surface area contributed by atoms with E-state index in [9.17, 15) is 4.79 Å². The Morgan fingerprint density at radius 3 is 3.10 bits per heavy atom. The molecular formula is C15H16N4O2. The maximum atomic E-state index is 11.8. The molecule has 108 valence electrons. The van der Waals surface area contributed by atoms with E-state index >= 15 is 0 Å². The van der Waals surface area contributed by atoms with E-state index < -0.39 is 0 Å². The van der Waals surface area contributed by atoms with Crippen LogP contribution in [-0.4, -0.2) is 22.3 Å². The number of nitriles is 1. The van der Waals surface area contributed by atoms with Crippen molar-refractivity contribution < 1.29 is 9.53 Å². The van der Waals surface area contributed by atoms with Crippen molar-refractivity contribution in [2.75, 3.05) is 11.9 Å². The molecule has 0 spiro atoms. The quantitative estimate of drug-likeness (QED) is 0.790. The molecule has 0 unspecified atom stereocenters. The Balaban J connectivity index is 1.85. The first-order valence-electron chi connectivity index (χ1n) is 6.65. The molecule has 1 amide bonds. The number of aromatic nitrogens is 2. The Kier molecular flexibility index (Phi) is 5.35. The highest BCUT2D eigenvalue weighted by atomic mass is 16.5. The minimum atomic E-state index is -0.152. The van der Waals surface area contributed by atoms with Crippen molar-refractivity contribution in [2.45, 2.75) is 19.4 Å². The molecule has 1 aromatic heterocycles. The number of benzene rings is 1. The van der Waals surface area contributed by atoms with E-state index in [4.69, 9.17) is 10.00 Å². The molecule has 0 saturated carbocycles. The van der Waals surface area contributed by atoms with E-state index in [-0.39, 0.29) is 12.5 Å². The van der Waals surface area contributed by atoms with Gasteiger partial charge in [-0.3, -0.25) is 9.48 Å². The van der Waals surface area contributed by atoms with Gasteiger partial charge in [-0.2, -0.15) is 10.4 Å². The molecule has 2 aromatic rings. The molecule has 6 nitrogen and oxygen atoms in total. The van der Waals surface area contributed by atoms with Gasteiger partial charge in [0.2, 0.25) is 5.91 Å². The Hall–Kier alpha value is -2.81. The van der Waals surface area contributed by atoms with E-state index in [1.165, 1.54) is 0 Å². The first-order chi connectivity index (χ1) is 10.3. The first kappa shape index (κ1) is 14.6. The molecule has 2 rings (SSSR count). The molecule has 0 aliphatic heterocycles.